The number of hydrogen-bond donors (Lipinski definition) is 1. The number of rotatable bonds is 5. The summed E-state index contributed by atoms with van der Waals surface area (Å²) in [5, 5.41) is 9.27. The average molecular weight is 248 g/mol. The lowest BCUT2D eigenvalue weighted by atomic mass is 9.63. The molecule has 0 heterocycles. The molecule has 3 nitrogen and oxygen atoms in total. The van der Waals surface area contributed by atoms with Crippen molar-refractivity contribution in [2.24, 2.45) is 5.41 Å². The number of carbonyl (C=O) groups is 1. The standard InChI is InChI=1S/C15H20O3/c1-2-18-14(17)11-15(8-3-9-15)10-12-4-6-13(16)7-5-12/h4-7,16H,2-3,8-11H2,1H3. The predicted octanol–water partition coefficient (Wildman–Crippen LogP) is 3.06. The molecule has 0 unspecified atom stereocenters. The van der Waals surface area contributed by atoms with Gasteiger partial charge in [-0.25, -0.2) is 0 Å². The molecule has 1 saturated carbocycles. The van der Waals surface area contributed by atoms with Crippen LogP contribution in [0.25, 0.3) is 0 Å². The van der Waals surface area contributed by atoms with Gasteiger partial charge in [0.1, 0.15) is 5.75 Å². The zero-order chi connectivity index (χ0) is 13.0. The zero-order valence-corrected chi connectivity index (χ0v) is 10.8. The van der Waals surface area contributed by atoms with Crippen LogP contribution < -0.4 is 0 Å². The maximum absolute atomic E-state index is 11.6. The normalized spacial score (nSPS) is 16.9. The van der Waals surface area contributed by atoms with E-state index in [9.17, 15) is 9.90 Å². The Labute approximate surface area is 108 Å². The highest BCUT2D eigenvalue weighted by atomic mass is 16.5. The van der Waals surface area contributed by atoms with Gasteiger partial charge in [0.05, 0.1) is 13.0 Å². The fraction of sp³-hybridized carbons (Fsp3) is 0.533. The molecule has 18 heavy (non-hydrogen) atoms. The number of ether oxygens (including phenoxy) is 1. The van der Waals surface area contributed by atoms with E-state index < -0.39 is 0 Å². The van der Waals surface area contributed by atoms with Gasteiger partial charge in [0.15, 0.2) is 0 Å². The highest BCUT2D eigenvalue weighted by Crippen LogP contribution is 2.46. The number of phenols is 1. The molecule has 0 aliphatic heterocycles. The second kappa shape index (κ2) is 5.42. The molecule has 0 amide bonds. The summed E-state index contributed by atoms with van der Waals surface area (Å²) in [6.45, 7) is 2.29. The molecule has 0 aromatic heterocycles. The van der Waals surface area contributed by atoms with Crippen molar-refractivity contribution in [2.45, 2.75) is 39.0 Å². The Morgan fingerprint density at radius 1 is 1.33 bits per heavy atom. The number of hydrogen-bond acceptors (Lipinski definition) is 3. The van der Waals surface area contributed by atoms with Gasteiger partial charge < -0.3 is 9.84 Å². The SMILES string of the molecule is CCOC(=O)CC1(Cc2ccc(O)cc2)CCC1. The van der Waals surface area contributed by atoms with Gasteiger partial charge in [-0.15, -0.1) is 0 Å². The average Bonchev–Trinajstić information content (AvgIpc) is 2.29. The second-order valence-corrected chi connectivity index (χ2v) is 5.18. The fourth-order valence-electron chi connectivity index (χ4n) is 2.66. The number of phenolic OH excluding ortho intramolecular Hbond substituents is 1. The van der Waals surface area contributed by atoms with Crippen molar-refractivity contribution in [3.05, 3.63) is 29.8 Å². The molecule has 3 heteroatoms. The maximum Gasteiger partial charge on any atom is 0.306 e. The minimum Gasteiger partial charge on any atom is -0.508 e. The maximum atomic E-state index is 11.6. The van der Waals surface area contributed by atoms with Gasteiger partial charge in [-0.3, -0.25) is 4.79 Å². The van der Waals surface area contributed by atoms with Crippen molar-refractivity contribution in [2.75, 3.05) is 6.61 Å². The van der Waals surface area contributed by atoms with Crippen LogP contribution in [0.5, 0.6) is 5.75 Å². The Balaban J connectivity index is 1.99. The van der Waals surface area contributed by atoms with Crippen LogP contribution >= 0.6 is 0 Å². The highest BCUT2D eigenvalue weighted by Gasteiger charge is 2.39. The molecule has 1 fully saturated rings. The molecule has 98 valence electrons. The summed E-state index contributed by atoms with van der Waals surface area (Å²) >= 11 is 0. The number of carbonyl (C=O) groups excluding carboxylic acids is 1. The van der Waals surface area contributed by atoms with Crippen molar-refractivity contribution in [3.8, 4) is 5.75 Å². The first-order valence-electron chi connectivity index (χ1n) is 6.57. The molecule has 0 saturated heterocycles. The van der Waals surface area contributed by atoms with Crippen LogP contribution in [0, 0.1) is 5.41 Å². The quantitative estimate of drug-likeness (QED) is 0.815. The van der Waals surface area contributed by atoms with Crippen molar-refractivity contribution in [1.82, 2.24) is 0 Å². The summed E-state index contributed by atoms with van der Waals surface area (Å²) in [6.07, 6.45) is 4.78. The molecule has 0 radical (unpaired) electrons. The molecular formula is C15H20O3. The number of benzene rings is 1. The summed E-state index contributed by atoms with van der Waals surface area (Å²) in [5.74, 6) is 0.197. The Morgan fingerprint density at radius 2 is 2.00 bits per heavy atom. The van der Waals surface area contributed by atoms with Gasteiger partial charge in [-0.1, -0.05) is 18.6 Å². The van der Waals surface area contributed by atoms with E-state index in [-0.39, 0.29) is 17.1 Å². The number of esters is 1. The van der Waals surface area contributed by atoms with Gasteiger partial charge in [-0.05, 0) is 49.3 Å². The fourth-order valence-corrected chi connectivity index (χ4v) is 2.66. The topological polar surface area (TPSA) is 46.5 Å². The van der Waals surface area contributed by atoms with Gasteiger partial charge in [0.25, 0.3) is 0 Å². The molecule has 1 N–H and O–H groups in total. The van der Waals surface area contributed by atoms with E-state index in [1.165, 1.54) is 12.0 Å². The molecule has 1 aromatic carbocycles. The van der Waals surface area contributed by atoms with E-state index in [0.29, 0.717) is 13.0 Å². The third-order valence-corrected chi connectivity index (χ3v) is 3.75. The minimum atomic E-state index is -0.0871. The predicted molar refractivity (Wildman–Crippen MR) is 69.3 cm³/mol. The van der Waals surface area contributed by atoms with Gasteiger partial charge >= 0.3 is 5.97 Å². The van der Waals surface area contributed by atoms with Crippen LogP contribution in [-0.2, 0) is 16.0 Å². The van der Waals surface area contributed by atoms with Crippen LogP contribution in [0.2, 0.25) is 0 Å². The molecule has 0 bridgehead atoms. The summed E-state index contributed by atoms with van der Waals surface area (Å²) in [6, 6.07) is 7.26. The minimum absolute atomic E-state index is 0.0865. The van der Waals surface area contributed by atoms with Crippen molar-refractivity contribution in [3.63, 3.8) is 0 Å². The van der Waals surface area contributed by atoms with Gasteiger partial charge in [0, 0.05) is 0 Å². The molecule has 1 aromatic rings. The lowest BCUT2D eigenvalue weighted by Gasteiger charge is -2.41. The van der Waals surface area contributed by atoms with E-state index in [1.807, 2.05) is 19.1 Å². The van der Waals surface area contributed by atoms with E-state index >= 15 is 0 Å². The summed E-state index contributed by atoms with van der Waals surface area (Å²) in [5.41, 5.74) is 1.26. The van der Waals surface area contributed by atoms with Crippen LogP contribution in [-0.4, -0.2) is 17.7 Å². The molecule has 1 aliphatic rings. The summed E-state index contributed by atoms with van der Waals surface area (Å²) in [7, 11) is 0. The van der Waals surface area contributed by atoms with Gasteiger partial charge in [0.2, 0.25) is 0 Å². The van der Waals surface area contributed by atoms with E-state index in [1.54, 1.807) is 12.1 Å². The van der Waals surface area contributed by atoms with Crippen LogP contribution in [0.4, 0.5) is 0 Å². The molecule has 0 atom stereocenters. The van der Waals surface area contributed by atoms with Crippen LogP contribution in [0.1, 0.15) is 38.2 Å². The summed E-state index contributed by atoms with van der Waals surface area (Å²) < 4.78 is 5.05. The lowest BCUT2D eigenvalue weighted by molar-refractivity contribution is -0.147. The monoisotopic (exact) mass is 248 g/mol. The second-order valence-electron chi connectivity index (χ2n) is 5.18. The molecule has 2 rings (SSSR count). The van der Waals surface area contributed by atoms with Crippen LogP contribution in [0.15, 0.2) is 24.3 Å². The number of aromatic hydroxyl groups is 1. The molecular weight excluding hydrogens is 228 g/mol. The molecule has 0 spiro atoms. The van der Waals surface area contributed by atoms with Crippen LogP contribution in [0.3, 0.4) is 0 Å². The Morgan fingerprint density at radius 3 is 2.50 bits per heavy atom. The largest absolute Gasteiger partial charge is 0.508 e. The first-order valence-corrected chi connectivity index (χ1v) is 6.57. The van der Waals surface area contributed by atoms with Crippen molar-refractivity contribution >= 4 is 5.97 Å². The highest BCUT2D eigenvalue weighted by molar-refractivity contribution is 5.70. The first kappa shape index (κ1) is 12.9. The Hall–Kier alpha value is -1.51. The first-order chi connectivity index (χ1) is 8.63. The van der Waals surface area contributed by atoms with Crippen molar-refractivity contribution in [1.29, 1.82) is 0 Å². The Bertz CT molecular complexity index is 404. The summed E-state index contributed by atoms with van der Waals surface area (Å²) in [4.78, 5) is 11.6. The Kier molecular flexibility index (Phi) is 3.90. The molecule has 1 aliphatic carbocycles. The van der Waals surface area contributed by atoms with Crippen molar-refractivity contribution < 1.29 is 14.6 Å². The van der Waals surface area contributed by atoms with E-state index in [2.05, 4.69) is 0 Å². The third kappa shape index (κ3) is 3.03. The van der Waals surface area contributed by atoms with E-state index in [0.717, 1.165) is 19.3 Å². The zero-order valence-electron chi connectivity index (χ0n) is 10.8. The van der Waals surface area contributed by atoms with Gasteiger partial charge in [-0.2, -0.15) is 0 Å². The smallest absolute Gasteiger partial charge is 0.306 e. The van der Waals surface area contributed by atoms with E-state index in [4.69, 9.17) is 4.74 Å². The third-order valence-electron chi connectivity index (χ3n) is 3.75. The lowest BCUT2D eigenvalue weighted by Crippen LogP contribution is -2.34.